The van der Waals surface area contributed by atoms with Crippen molar-refractivity contribution < 1.29 is 4.74 Å². The molecule has 4 aliphatic rings. The van der Waals surface area contributed by atoms with Crippen molar-refractivity contribution in [2.75, 3.05) is 12.4 Å². The Morgan fingerprint density at radius 3 is 2.88 bits per heavy atom. The fourth-order valence-electron chi connectivity index (χ4n) is 7.15. The maximum absolute atomic E-state index is 13.5. The average molecular weight is 447 g/mol. The van der Waals surface area contributed by atoms with E-state index in [0.717, 1.165) is 41.7 Å². The van der Waals surface area contributed by atoms with E-state index >= 15 is 0 Å². The molecule has 4 aromatic heterocycles. The van der Waals surface area contributed by atoms with Gasteiger partial charge in [-0.05, 0) is 62.0 Å². The molecule has 1 N–H and O–H groups in total. The maximum Gasteiger partial charge on any atom is 0.330 e. The number of methoxy groups -OCH3 is 1. The van der Waals surface area contributed by atoms with E-state index in [-0.39, 0.29) is 11.2 Å². The minimum atomic E-state index is -0.176. The quantitative estimate of drug-likeness (QED) is 0.513. The van der Waals surface area contributed by atoms with Gasteiger partial charge in [-0.25, -0.2) is 19.3 Å². The first-order chi connectivity index (χ1) is 16.0. The third kappa shape index (κ3) is 2.49. The van der Waals surface area contributed by atoms with Crippen LogP contribution in [-0.4, -0.2) is 46.9 Å². The number of aryl methyl sites for hydroxylation is 2. The van der Waals surface area contributed by atoms with E-state index in [4.69, 9.17) is 9.72 Å². The zero-order valence-corrected chi connectivity index (χ0v) is 18.9. The molecule has 170 valence electrons. The highest BCUT2D eigenvalue weighted by Gasteiger charge is 2.62. The van der Waals surface area contributed by atoms with Gasteiger partial charge in [0.25, 0.3) is 0 Å². The first-order valence-electron chi connectivity index (χ1n) is 11.5. The van der Waals surface area contributed by atoms with Crippen LogP contribution in [0.15, 0.2) is 29.6 Å². The van der Waals surface area contributed by atoms with Crippen molar-refractivity contribution in [3.8, 4) is 0 Å². The fourth-order valence-corrected chi connectivity index (χ4v) is 7.15. The highest BCUT2D eigenvalue weighted by Crippen LogP contribution is 2.63. The van der Waals surface area contributed by atoms with E-state index in [2.05, 4.69) is 20.4 Å². The van der Waals surface area contributed by atoms with Gasteiger partial charge in [-0.15, -0.1) is 0 Å². The van der Waals surface area contributed by atoms with Crippen molar-refractivity contribution >= 4 is 28.4 Å². The molecule has 0 aromatic carbocycles. The summed E-state index contributed by atoms with van der Waals surface area (Å²) >= 11 is 0. The van der Waals surface area contributed by atoms with Crippen molar-refractivity contribution in [1.29, 1.82) is 0 Å². The van der Waals surface area contributed by atoms with Crippen molar-refractivity contribution in [2.24, 2.45) is 24.8 Å². The minimum Gasteiger partial charge on any atom is -0.381 e. The van der Waals surface area contributed by atoms with Crippen LogP contribution in [0, 0.1) is 24.7 Å². The lowest BCUT2D eigenvalue weighted by molar-refractivity contribution is -0.0108. The first kappa shape index (κ1) is 19.2. The number of hydrogen-bond donors (Lipinski definition) is 1. The van der Waals surface area contributed by atoms with E-state index in [9.17, 15) is 4.79 Å². The van der Waals surface area contributed by atoms with E-state index in [0.29, 0.717) is 35.5 Å². The largest absolute Gasteiger partial charge is 0.381 e. The number of nitrogens with zero attached hydrogens (tertiary/aromatic N) is 7. The molecule has 4 heterocycles. The zero-order chi connectivity index (χ0) is 22.5. The van der Waals surface area contributed by atoms with Crippen molar-refractivity contribution in [2.45, 2.75) is 44.2 Å². The lowest BCUT2D eigenvalue weighted by atomic mass is 9.74. The Morgan fingerprint density at radius 2 is 2.06 bits per heavy atom. The Balaban J connectivity index is 1.33. The van der Waals surface area contributed by atoms with E-state index < -0.39 is 0 Å². The number of rotatable bonds is 4. The predicted molar refractivity (Wildman–Crippen MR) is 121 cm³/mol. The van der Waals surface area contributed by atoms with Gasteiger partial charge >= 0.3 is 5.69 Å². The number of ether oxygens (including phenoxy) is 1. The molecule has 10 nitrogen and oxygen atoms in total. The molecule has 0 spiro atoms. The summed E-state index contributed by atoms with van der Waals surface area (Å²) in [5, 5.41) is 7.54. The summed E-state index contributed by atoms with van der Waals surface area (Å²) in [6.45, 7) is 2.01. The third-order valence-electron chi connectivity index (χ3n) is 8.41. The van der Waals surface area contributed by atoms with Crippen LogP contribution in [0.5, 0.6) is 0 Å². The summed E-state index contributed by atoms with van der Waals surface area (Å²) in [4.78, 5) is 27.1. The second-order valence-electron chi connectivity index (χ2n) is 10.1. The molecule has 33 heavy (non-hydrogen) atoms. The van der Waals surface area contributed by atoms with Gasteiger partial charge in [0, 0.05) is 14.2 Å². The Morgan fingerprint density at radius 1 is 1.21 bits per heavy atom. The Bertz CT molecular complexity index is 1480. The fraction of sp³-hybridized carbons (Fsp3) is 0.522. The molecule has 0 radical (unpaired) electrons. The molecule has 5 atom stereocenters. The highest BCUT2D eigenvalue weighted by molar-refractivity contribution is 5.73. The van der Waals surface area contributed by atoms with Crippen molar-refractivity contribution in [3.63, 3.8) is 0 Å². The lowest BCUT2D eigenvalue weighted by Gasteiger charge is -2.41. The van der Waals surface area contributed by atoms with Gasteiger partial charge in [0.2, 0.25) is 5.95 Å². The minimum absolute atomic E-state index is 0.00687. The molecular weight excluding hydrogens is 420 g/mol. The molecule has 4 bridgehead atoms. The molecule has 4 aromatic rings. The molecule has 5 unspecified atom stereocenters. The Kier molecular flexibility index (Phi) is 3.73. The van der Waals surface area contributed by atoms with E-state index in [1.54, 1.807) is 15.3 Å². The number of nitrogens with one attached hydrogen (secondary N) is 1. The van der Waals surface area contributed by atoms with E-state index in [1.807, 2.05) is 37.9 Å². The Labute approximate surface area is 189 Å². The molecule has 4 fully saturated rings. The summed E-state index contributed by atoms with van der Waals surface area (Å²) in [5.41, 5.74) is 3.92. The van der Waals surface area contributed by atoms with Crippen LogP contribution in [0.25, 0.3) is 16.8 Å². The van der Waals surface area contributed by atoms with Gasteiger partial charge in [-0.1, -0.05) is 0 Å². The predicted octanol–water partition coefficient (Wildman–Crippen LogP) is 2.38. The van der Waals surface area contributed by atoms with Crippen molar-refractivity contribution in [1.82, 2.24) is 33.7 Å². The van der Waals surface area contributed by atoms with Crippen molar-refractivity contribution in [3.05, 3.63) is 40.8 Å². The molecule has 10 heteroatoms. The molecular formula is C23H26N8O2. The maximum atomic E-state index is 13.5. The zero-order valence-electron chi connectivity index (χ0n) is 18.9. The van der Waals surface area contributed by atoms with E-state index in [1.165, 1.54) is 12.7 Å². The smallest absolute Gasteiger partial charge is 0.330 e. The number of aromatic nitrogens is 7. The van der Waals surface area contributed by atoms with Gasteiger partial charge in [0.05, 0.1) is 29.7 Å². The number of hydrogen-bond acceptors (Lipinski definition) is 7. The van der Waals surface area contributed by atoms with Crippen LogP contribution in [0.3, 0.4) is 0 Å². The summed E-state index contributed by atoms with van der Waals surface area (Å²) in [6, 6.07) is 1.96. The number of pyridine rings is 1. The van der Waals surface area contributed by atoms with Crippen LogP contribution in [-0.2, 0) is 17.3 Å². The Hall–Kier alpha value is -3.27. The van der Waals surface area contributed by atoms with Crippen LogP contribution in [0.2, 0.25) is 0 Å². The second-order valence-corrected chi connectivity index (χ2v) is 10.1. The van der Waals surface area contributed by atoms with Crippen LogP contribution >= 0.6 is 0 Å². The number of anilines is 2. The van der Waals surface area contributed by atoms with Crippen LogP contribution in [0.1, 0.15) is 31.2 Å². The van der Waals surface area contributed by atoms with Gasteiger partial charge in [0.15, 0.2) is 11.3 Å². The lowest BCUT2D eigenvalue weighted by Crippen LogP contribution is -2.47. The van der Waals surface area contributed by atoms with Gasteiger partial charge in [-0.3, -0.25) is 9.13 Å². The topological polar surface area (TPSA) is 104 Å². The molecule has 0 saturated heterocycles. The molecule has 8 rings (SSSR count). The second kappa shape index (κ2) is 6.40. The standard InChI is InChI=1S/C23H26N8O2/c1-12-4-18-25-11-26-30(18)10-16(12)27-21-24-9-17-20(28-21)31(22(32)29(17)2)23-6-13-5-14(7-23)19(33-3)15(13)8-23/h4,9-11,13-15,19H,5-8H2,1-3H3,(H,24,27,28). The van der Waals surface area contributed by atoms with Crippen LogP contribution < -0.4 is 11.0 Å². The number of imidazole rings is 1. The van der Waals surface area contributed by atoms with Gasteiger partial charge < -0.3 is 10.1 Å². The molecule has 4 aliphatic carbocycles. The van der Waals surface area contributed by atoms with Gasteiger partial charge in [-0.2, -0.15) is 10.1 Å². The summed E-state index contributed by atoms with van der Waals surface area (Å²) in [5.74, 6) is 2.15. The normalized spacial score (nSPS) is 30.2. The van der Waals surface area contributed by atoms with Gasteiger partial charge in [0.1, 0.15) is 11.8 Å². The first-order valence-corrected chi connectivity index (χ1v) is 11.5. The molecule has 0 aliphatic heterocycles. The van der Waals surface area contributed by atoms with Crippen LogP contribution in [0.4, 0.5) is 11.6 Å². The SMILES string of the molecule is COC1C2CC3CC(n4c(=O)n(C)c5cnc(Nc6cn7ncnc7cc6C)nc54)(C2)CC31. The third-order valence-corrected chi connectivity index (χ3v) is 8.41. The monoisotopic (exact) mass is 446 g/mol. The average Bonchev–Trinajstić information content (AvgIpc) is 3.48. The summed E-state index contributed by atoms with van der Waals surface area (Å²) in [6.07, 6.45) is 9.70. The molecule has 0 amide bonds. The number of fused-ring (bicyclic) bond motifs is 2. The highest BCUT2D eigenvalue weighted by atomic mass is 16.5. The summed E-state index contributed by atoms with van der Waals surface area (Å²) < 4.78 is 11.2. The molecule has 4 saturated carbocycles. The summed E-state index contributed by atoms with van der Waals surface area (Å²) in [7, 11) is 3.64.